The van der Waals surface area contributed by atoms with E-state index in [2.05, 4.69) is 15.0 Å². The van der Waals surface area contributed by atoms with Crippen LogP contribution in [-0.2, 0) is 9.53 Å². The molecule has 1 N–H and O–H groups in total. The maximum Gasteiger partial charge on any atom is 0.411 e. The summed E-state index contributed by atoms with van der Waals surface area (Å²) >= 11 is 1.47. The van der Waals surface area contributed by atoms with Crippen molar-refractivity contribution < 1.29 is 22.7 Å². The molecule has 1 heterocycles. The molecule has 0 aliphatic heterocycles. The summed E-state index contributed by atoms with van der Waals surface area (Å²) in [5, 5.41) is 3.29. The molecule has 0 saturated carbocycles. The summed E-state index contributed by atoms with van der Waals surface area (Å²) in [6, 6.07) is 14.6. The average molecular weight is 366 g/mol. The molecule has 8 heteroatoms. The van der Waals surface area contributed by atoms with E-state index in [1.165, 1.54) is 11.3 Å². The number of amides is 1. The fraction of sp³-hybridized carbons (Fsp3) is 0.176. The van der Waals surface area contributed by atoms with Gasteiger partial charge in [0.2, 0.25) is 5.91 Å². The van der Waals surface area contributed by atoms with Gasteiger partial charge in [-0.3, -0.25) is 4.79 Å². The van der Waals surface area contributed by atoms with Crippen molar-refractivity contribution in [2.24, 2.45) is 0 Å². The lowest BCUT2D eigenvalue weighted by Crippen LogP contribution is -2.24. The first-order chi connectivity index (χ1) is 11.9. The van der Waals surface area contributed by atoms with E-state index in [-0.39, 0.29) is 0 Å². The first kappa shape index (κ1) is 17.4. The second kappa shape index (κ2) is 7.20. The summed E-state index contributed by atoms with van der Waals surface area (Å²) in [4.78, 5) is 16.4. The van der Waals surface area contributed by atoms with Crippen LogP contribution < -0.4 is 5.32 Å². The van der Waals surface area contributed by atoms with Gasteiger partial charge in [-0.1, -0.05) is 24.3 Å². The molecule has 4 nitrogen and oxygen atoms in total. The first-order valence-corrected chi connectivity index (χ1v) is 8.13. The number of hydrogen-bond donors (Lipinski definition) is 1. The van der Waals surface area contributed by atoms with Gasteiger partial charge in [0.15, 0.2) is 0 Å². The van der Waals surface area contributed by atoms with E-state index in [0.29, 0.717) is 16.3 Å². The third-order valence-electron chi connectivity index (χ3n) is 3.22. The topological polar surface area (TPSA) is 51.2 Å². The second-order valence-electron chi connectivity index (χ2n) is 5.19. The van der Waals surface area contributed by atoms with Gasteiger partial charge in [-0.15, -0.1) is 11.3 Å². The number of alkyl halides is 3. The molecule has 1 aromatic heterocycles. The fourth-order valence-corrected chi connectivity index (χ4v) is 3.22. The van der Waals surface area contributed by atoms with Crippen LogP contribution in [0.1, 0.15) is 0 Å². The van der Waals surface area contributed by atoms with Gasteiger partial charge in [0.1, 0.15) is 18.2 Å². The zero-order chi connectivity index (χ0) is 17.9. The van der Waals surface area contributed by atoms with E-state index in [0.717, 1.165) is 10.2 Å². The Morgan fingerprint density at radius 3 is 2.60 bits per heavy atom. The Kier molecular flexibility index (Phi) is 5.00. The molecule has 0 atom stereocenters. The van der Waals surface area contributed by atoms with E-state index in [9.17, 15) is 18.0 Å². The van der Waals surface area contributed by atoms with E-state index < -0.39 is 25.3 Å². The van der Waals surface area contributed by atoms with Crippen LogP contribution in [0.3, 0.4) is 0 Å². The van der Waals surface area contributed by atoms with Gasteiger partial charge >= 0.3 is 6.18 Å². The highest BCUT2D eigenvalue weighted by Crippen LogP contribution is 2.34. The largest absolute Gasteiger partial charge is 0.411 e. The van der Waals surface area contributed by atoms with E-state index >= 15 is 0 Å². The minimum absolute atomic E-state index is 0.474. The maximum absolute atomic E-state index is 12.1. The van der Waals surface area contributed by atoms with E-state index in [4.69, 9.17) is 0 Å². The predicted molar refractivity (Wildman–Crippen MR) is 90.6 cm³/mol. The van der Waals surface area contributed by atoms with Gasteiger partial charge in [-0.05, 0) is 24.3 Å². The van der Waals surface area contributed by atoms with Crippen LogP contribution in [0, 0.1) is 0 Å². The standard InChI is InChI=1S/C17H13F3N2O2S/c18-17(19,20)10-24-9-15(23)21-12-6-2-1-5-11(12)16-22-13-7-3-4-8-14(13)25-16/h1-8H,9-10H2,(H,21,23). The van der Waals surface area contributed by atoms with Crippen molar-refractivity contribution in [3.8, 4) is 10.6 Å². The summed E-state index contributed by atoms with van der Waals surface area (Å²) < 4.78 is 41.6. The highest BCUT2D eigenvalue weighted by Gasteiger charge is 2.27. The van der Waals surface area contributed by atoms with Crippen LogP contribution in [0.2, 0.25) is 0 Å². The number of rotatable bonds is 5. The molecule has 0 bridgehead atoms. The van der Waals surface area contributed by atoms with Gasteiger partial charge in [-0.25, -0.2) is 4.98 Å². The van der Waals surface area contributed by atoms with E-state index in [1.807, 2.05) is 24.3 Å². The summed E-state index contributed by atoms with van der Waals surface area (Å²) in [6.07, 6.45) is -4.46. The molecular weight excluding hydrogens is 353 g/mol. The highest BCUT2D eigenvalue weighted by atomic mass is 32.1. The van der Waals surface area contributed by atoms with Crippen molar-refractivity contribution in [1.82, 2.24) is 4.98 Å². The monoisotopic (exact) mass is 366 g/mol. The molecule has 0 fully saturated rings. The zero-order valence-electron chi connectivity index (χ0n) is 12.8. The first-order valence-electron chi connectivity index (χ1n) is 7.32. The normalized spacial score (nSPS) is 11.6. The lowest BCUT2D eigenvalue weighted by atomic mass is 10.2. The zero-order valence-corrected chi connectivity index (χ0v) is 13.7. The molecule has 1 amide bonds. The predicted octanol–water partition coefficient (Wildman–Crippen LogP) is 4.48. The van der Waals surface area contributed by atoms with Crippen molar-refractivity contribution in [3.63, 3.8) is 0 Å². The van der Waals surface area contributed by atoms with Gasteiger partial charge < -0.3 is 10.1 Å². The minimum Gasteiger partial charge on any atom is -0.362 e. The lowest BCUT2D eigenvalue weighted by molar-refractivity contribution is -0.174. The van der Waals surface area contributed by atoms with Crippen LogP contribution >= 0.6 is 11.3 Å². The smallest absolute Gasteiger partial charge is 0.362 e. The number of para-hydroxylation sites is 2. The number of fused-ring (bicyclic) bond motifs is 1. The quantitative estimate of drug-likeness (QED) is 0.724. The van der Waals surface area contributed by atoms with E-state index in [1.54, 1.807) is 24.3 Å². The molecule has 0 unspecified atom stereocenters. The summed E-state index contributed by atoms with van der Waals surface area (Å²) in [5.74, 6) is -0.655. The number of hydrogen-bond acceptors (Lipinski definition) is 4. The Morgan fingerprint density at radius 2 is 1.84 bits per heavy atom. The number of benzene rings is 2. The van der Waals surface area contributed by atoms with Gasteiger partial charge in [0, 0.05) is 5.56 Å². The Bertz CT molecular complexity index is 860. The van der Waals surface area contributed by atoms with Crippen molar-refractivity contribution in [2.75, 3.05) is 18.5 Å². The lowest BCUT2D eigenvalue weighted by Gasteiger charge is -2.10. The van der Waals surface area contributed by atoms with Crippen LogP contribution in [0.4, 0.5) is 18.9 Å². The molecule has 0 aliphatic rings. The number of carbonyl (C=O) groups excluding carboxylic acids is 1. The number of ether oxygens (including phenoxy) is 1. The molecule has 0 radical (unpaired) electrons. The van der Waals surface area contributed by atoms with Crippen molar-refractivity contribution in [1.29, 1.82) is 0 Å². The Morgan fingerprint density at radius 1 is 1.12 bits per heavy atom. The Balaban J connectivity index is 1.76. The SMILES string of the molecule is O=C(COCC(F)(F)F)Nc1ccccc1-c1nc2ccccc2s1. The average Bonchev–Trinajstić information content (AvgIpc) is 2.98. The van der Waals surface area contributed by atoms with Crippen LogP contribution in [0.15, 0.2) is 48.5 Å². The Labute approximate surface area is 145 Å². The minimum atomic E-state index is -4.46. The van der Waals surface area contributed by atoms with Crippen LogP contribution in [-0.4, -0.2) is 30.3 Å². The number of halogens is 3. The molecule has 130 valence electrons. The third kappa shape index (κ3) is 4.55. The number of anilines is 1. The number of carbonyl (C=O) groups is 1. The highest BCUT2D eigenvalue weighted by molar-refractivity contribution is 7.21. The van der Waals surface area contributed by atoms with Gasteiger partial charge in [0.25, 0.3) is 0 Å². The Hall–Kier alpha value is -2.45. The maximum atomic E-state index is 12.1. The molecular formula is C17H13F3N2O2S. The molecule has 3 aromatic rings. The van der Waals surface area contributed by atoms with Crippen molar-refractivity contribution in [3.05, 3.63) is 48.5 Å². The number of nitrogens with zero attached hydrogens (tertiary/aromatic N) is 1. The third-order valence-corrected chi connectivity index (χ3v) is 4.29. The van der Waals surface area contributed by atoms with Crippen molar-refractivity contribution in [2.45, 2.75) is 6.18 Å². The molecule has 0 saturated heterocycles. The van der Waals surface area contributed by atoms with Gasteiger partial charge in [0.05, 0.1) is 15.9 Å². The van der Waals surface area contributed by atoms with Crippen molar-refractivity contribution >= 4 is 33.1 Å². The van der Waals surface area contributed by atoms with Crippen LogP contribution in [0.25, 0.3) is 20.8 Å². The molecule has 0 spiro atoms. The van der Waals surface area contributed by atoms with Gasteiger partial charge in [-0.2, -0.15) is 13.2 Å². The molecule has 2 aromatic carbocycles. The summed E-state index contributed by atoms with van der Waals surface area (Å²) in [5.41, 5.74) is 2.02. The molecule has 0 aliphatic carbocycles. The fourth-order valence-electron chi connectivity index (χ4n) is 2.21. The second-order valence-corrected chi connectivity index (χ2v) is 6.22. The number of thiazole rings is 1. The number of nitrogens with one attached hydrogen (secondary N) is 1. The summed E-state index contributed by atoms with van der Waals surface area (Å²) in [7, 11) is 0. The molecule has 25 heavy (non-hydrogen) atoms. The van der Waals surface area contributed by atoms with Crippen LogP contribution in [0.5, 0.6) is 0 Å². The summed E-state index contributed by atoms with van der Waals surface area (Å²) in [6.45, 7) is -2.13. The molecule has 3 rings (SSSR count). The number of aromatic nitrogens is 1.